The van der Waals surface area contributed by atoms with Crippen LogP contribution in [0.4, 0.5) is 0 Å². The maximum atomic E-state index is 10.1. The minimum Gasteiger partial charge on any atom is -0.481 e. The van der Waals surface area contributed by atoms with E-state index in [1.165, 1.54) is 0 Å². The molecule has 6 heteroatoms. The number of carbonyl (C=O) groups is 2. The van der Waals surface area contributed by atoms with Crippen molar-refractivity contribution >= 4 is 11.9 Å². The van der Waals surface area contributed by atoms with Gasteiger partial charge in [-0.3, -0.25) is 4.79 Å². The van der Waals surface area contributed by atoms with Crippen molar-refractivity contribution in [3.05, 3.63) is 0 Å². The van der Waals surface area contributed by atoms with Crippen molar-refractivity contribution in [2.45, 2.75) is 12.0 Å². The summed E-state index contributed by atoms with van der Waals surface area (Å²) in [5, 5.41) is 33.5. The van der Waals surface area contributed by atoms with Crippen LogP contribution in [0.2, 0.25) is 0 Å². The molecule has 0 aromatic heterocycles. The number of carboxylic acids is 2. The molecule has 1 atom stereocenters. The molecular formula is C5H8O6. The summed E-state index contributed by atoms with van der Waals surface area (Å²) in [4.78, 5) is 20.1. The molecule has 0 fully saturated rings. The van der Waals surface area contributed by atoms with Gasteiger partial charge in [0, 0.05) is 0 Å². The van der Waals surface area contributed by atoms with Gasteiger partial charge in [-0.15, -0.1) is 0 Å². The van der Waals surface area contributed by atoms with Gasteiger partial charge in [0.15, 0.2) is 5.60 Å². The van der Waals surface area contributed by atoms with E-state index in [0.29, 0.717) is 0 Å². The van der Waals surface area contributed by atoms with E-state index < -0.39 is 30.6 Å². The van der Waals surface area contributed by atoms with Crippen LogP contribution in [0.5, 0.6) is 0 Å². The lowest BCUT2D eigenvalue weighted by molar-refractivity contribution is -0.169. The number of aliphatic carboxylic acids is 2. The Balaban J connectivity index is 4.34. The number of hydrogen-bond acceptors (Lipinski definition) is 4. The number of rotatable bonds is 4. The summed E-state index contributed by atoms with van der Waals surface area (Å²) >= 11 is 0. The number of aliphatic hydroxyl groups is 2. The Morgan fingerprint density at radius 2 is 1.73 bits per heavy atom. The molecule has 0 saturated carbocycles. The first-order valence-electron chi connectivity index (χ1n) is 2.71. The Morgan fingerprint density at radius 1 is 1.27 bits per heavy atom. The van der Waals surface area contributed by atoms with Crippen molar-refractivity contribution in [1.29, 1.82) is 0 Å². The summed E-state index contributed by atoms with van der Waals surface area (Å²) in [6.07, 6.45) is -1.02. The molecule has 0 rings (SSSR count). The van der Waals surface area contributed by atoms with Crippen molar-refractivity contribution in [3.63, 3.8) is 0 Å². The predicted octanol–water partition coefficient (Wildman–Crippen LogP) is -1.73. The molecule has 0 bridgehead atoms. The molecule has 0 amide bonds. The normalized spacial score (nSPS) is 15.5. The highest BCUT2D eigenvalue weighted by molar-refractivity contribution is 5.83. The van der Waals surface area contributed by atoms with E-state index >= 15 is 0 Å². The zero-order valence-corrected chi connectivity index (χ0v) is 5.52. The Hall–Kier alpha value is -1.14. The van der Waals surface area contributed by atoms with Crippen LogP contribution < -0.4 is 0 Å². The van der Waals surface area contributed by atoms with E-state index in [1.54, 1.807) is 0 Å². The molecule has 11 heavy (non-hydrogen) atoms. The van der Waals surface area contributed by atoms with Gasteiger partial charge in [-0.1, -0.05) is 0 Å². The lowest BCUT2D eigenvalue weighted by atomic mass is 10.0. The van der Waals surface area contributed by atoms with E-state index in [2.05, 4.69) is 0 Å². The van der Waals surface area contributed by atoms with Gasteiger partial charge in [0.05, 0.1) is 13.0 Å². The van der Waals surface area contributed by atoms with Crippen LogP contribution in [0.25, 0.3) is 0 Å². The molecule has 0 unspecified atom stereocenters. The van der Waals surface area contributed by atoms with Crippen molar-refractivity contribution < 1.29 is 30.0 Å². The predicted molar refractivity (Wildman–Crippen MR) is 31.9 cm³/mol. The first kappa shape index (κ1) is 9.86. The lowest BCUT2D eigenvalue weighted by Gasteiger charge is -2.17. The third kappa shape index (κ3) is 2.52. The molecule has 0 aliphatic carbocycles. The lowest BCUT2D eigenvalue weighted by Crippen LogP contribution is -2.44. The van der Waals surface area contributed by atoms with E-state index in [4.69, 9.17) is 20.4 Å². The monoisotopic (exact) mass is 164 g/mol. The van der Waals surface area contributed by atoms with Gasteiger partial charge in [0.2, 0.25) is 0 Å². The van der Waals surface area contributed by atoms with Gasteiger partial charge in [0.25, 0.3) is 0 Å². The fraction of sp³-hybridized carbons (Fsp3) is 0.600. The smallest absolute Gasteiger partial charge is 0.338 e. The molecule has 0 aromatic carbocycles. The molecule has 0 saturated heterocycles. The number of aliphatic hydroxyl groups excluding tert-OH is 1. The quantitative estimate of drug-likeness (QED) is 0.392. The molecule has 6 nitrogen and oxygen atoms in total. The summed E-state index contributed by atoms with van der Waals surface area (Å²) in [5.41, 5.74) is -2.56. The standard InChI is InChI=1S/C5H8O6/c6-2-5(11,4(9)10)1-3(7)8/h6,11H,1-2H2,(H,7,8)(H,9,10)/t5-/m1/s1. The summed E-state index contributed by atoms with van der Waals surface area (Å²) < 4.78 is 0. The van der Waals surface area contributed by atoms with Crippen LogP contribution in [0.3, 0.4) is 0 Å². The molecule has 0 aromatic rings. The van der Waals surface area contributed by atoms with Gasteiger partial charge in [-0.05, 0) is 0 Å². The second-order valence-corrected chi connectivity index (χ2v) is 2.07. The van der Waals surface area contributed by atoms with Gasteiger partial charge < -0.3 is 20.4 Å². The van der Waals surface area contributed by atoms with Crippen LogP contribution in [-0.2, 0) is 9.59 Å². The highest BCUT2D eigenvalue weighted by atomic mass is 16.4. The largest absolute Gasteiger partial charge is 0.481 e. The Labute approximate surface area is 61.7 Å². The van der Waals surface area contributed by atoms with Crippen molar-refractivity contribution in [2.75, 3.05) is 6.61 Å². The first-order valence-corrected chi connectivity index (χ1v) is 2.71. The Morgan fingerprint density at radius 3 is 1.82 bits per heavy atom. The minimum absolute atomic E-state index is 1.02. The maximum Gasteiger partial charge on any atom is 0.338 e. The molecule has 4 N–H and O–H groups in total. The second kappa shape index (κ2) is 3.31. The van der Waals surface area contributed by atoms with Gasteiger partial charge in [-0.2, -0.15) is 0 Å². The van der Waals surface area contributed by atoms with Crippen molar-refractivity contribution in [2.24, 2.45) is 0 Å². The van der Waals surface area contributed by atoms with Crippen LogP contribution in [0.15, 0.2) is 0 Å². The van der Waals surface area contributed by atoms with E-state index in [1.807, 2.05) is 0 Å². The van der Waals surface area contributed by atoms with Crippen molar-refractivity contribution in [3.8, 4) is 0 Å². The van der Waals surface area contributed by atoms with Crippen LogP contribution in [-0.4, -0.2) is 44.6 Å². The molecule has 64 valence electrons. The van der Waals surface area contributed by atoms with Gasteiger partial charge >= 0.3 is 11.9 Å². The number of carboxylic acid groups (broad SMARTS) is 2. The van der Waals surface area contributed by atoms with Crippen LogP contribution >= 0.6 is 0 Å². The zero-order chi connectivity index (χ0) is 9.07. The Bertz CT molecular complexity index is 176. The van der Waals surface area contributed by atoms with Crippen LogP contribution in [0, 0.1) is 0 Å². The minimum atomic E-state index is -2.56. The fourth-order valence-corrected chi connectivity index (χ4v) is 0.449. The summed E-state index contributed by atoms with van der Waals surface area (Å²) in [7, 11) is 0. The van der Waals surface area contributed by atoms with E-state index in [0.717, 1.165) is 0 Å². The highest BCUT2D eigenvalue weighted by Gasteiger charge is 2.37. The van der Waals surface area contributed by atoms with Crippen molar-refractivity contribution in [1.82, 2.24) is 0 Å². The third-order valence-corrected chi connectivity index (χ3v) is 1.10. The average molecular weight is 164 g/mol. The highest BCUT2D eigenvalue weighted by Crippen LogP contribution is 2.08. The summed E-state index contributed by atoms with van der Waals surface area (Å²) in [6.45, 7) is -1.12. The fourth-order valence-electron chi connectivity index (χ4n) is 0.449. The van der Waals surface area contributed by atoms with Gasteiger partial charge in [-0.25, -0.2) is 4.79 Å². The molecule has 0 heterocycles. The second-order valence-electron chi connectivity index (χ2n) is 2.07. The Kier molecular flexibility index (Phi) is 2.97. The SMILES string of the molecule is O=C(O)C[C@@](O)(CO)C(=O)O. The van der Waals surface area contributed by atoms with E-state index in [-0.39, 0.29) is 0 Å². The first-order chi connectivity index (χ1) is 4.92. The van der Waals surface area contributed by atoms with Gasteiger partial charge in [0.1, 0.15) is 0 Å². The average Bonchev–Trinajstić information content (AvgIpc) is 1.86. The molecule has 0 radical (unpaired) electrons. The van der Waals surface area contributed by atoms with E-state index in [9.17, 15) is 9.59 Å². The summed E-state index contributed by atoms with van der Waals surface area (Å²) in [6, 6.07) is 0. The maximum absolute atomic E-state index is 10.1. The molecule has 0 aliphatic rings. The third-order valence-electron chi connectivity index (χ3n) is 1.10. The number of hydrogen-bond donors (Lipinski definition) is 4. The topological polar surface area (TPSA) is 115 Å². The summed E-state index contributed by atoms with van der Waals surface area (Å²) in [5.74, 6) is -3.23. The molecular weight excluding hydrogens is 156 g/mol. The molecule has 0 aliphatic heterocycles. The van der Waals surface area contributed by atoms with Crippen LogP contribution in [0.1, 0.15) is 6.42 Å². The zero-order valence-electron chi connectivity index (χ0n) is 5.52. The molecule has 0 spiro atoms.